The predicted octanol–water partition coefficient (Wildman–Crippen LogP) is 11.1. The molecule has 4 heteroatoms. The molecule has 0 fully saturated rings. The molecule has 245 valence electrons. The summed E-state index contributed by atoms with van der Waals surface area (Å²) >= 11 is 0. The normalized spacial score (nSPS) is 13.7. The Bertz CT molecular complexity index is 2100. The van der Waals surface area contributed by atoms with E-state index in [2.05, 4.69) is 47.7 Å². The molecule has 0 spiro atoms. The Morgan fingerprint density at radius 2 is 0.979 bits per heavy atom. The summed E-state index contributed by atoms with van der Waals surface area (Å²) in [6.45, 7) is 14.9. The molecule has 0 amide bonds. The predicted molar refractivity (Wildman–Crippen MR) is 195 cm³/mol. The molecule has 0 saturated carbocycles. The molecule has 5 aromatic carbocycles. The Kier molecular flexibility index (Phi) is 9.02. The van der Waals surface area contributed by atoms with Crippen LogP contribution < -0.4 is 9.55 Å². The molecule has 7 aromatic rings. The van der Waals surface area contributed by atoms with Crippen LogP contribution in [-0.4, -0.2) is 4.57 Å². The van der Waals surface area contributed by atoms with E-state index in [1.807, 2.05) is 137 Å². The van der Waals surface area contributed by atoms with Gasteiger partial charge in [0.2, 0.25) is 0 Å². The van der Waals surface area contributed by atoms with Gasteiger partial charge in [-0.15, -0.1) is 11.0 Å². The van der Waals surface area contributed by atoms with Gasteiger partial charge in [-0.05, 0) is 56.6 Å². The van der Waals surface area contributed by atoms with Gasteiger partial charge in [0, 0.05) is 27.9 Å². The second-order valence-corrected chi connectivity index (χ2v) is 12.8. The molecule has 0 aliphatic carbocycles. The van der Waals surface area contributed by atoms with Crippen molar-refractivity contribution in [2.45, 2.75) is 79.0 Å². The zero-order valence-corrected chi connectivity index (χ0v) is 30.7. The third-order valence-electron chi connectivity index (χ3n) is 8.58. The van der Waals surface area contributed by atoms with E-state index in [0.29, 0.717) is 0 Å². The average molecular weight is 806 g/mol. The van der Waals surface area contributed by atoms with Gasteiger partial charge < -0.3 is 4.98 Å². The summed E-state index contributed by atoms with van der Waals surface area (Å²) < 4.78 is 39.7. The molecule has 0 aliphatic rings. The molecule has 0 saturated heterocycles. The minimum absolute atomic E-state index is 0. The van der Waals surface area contributed by atoms with Crippen LogP contribution in [0.1, 0.15) is 107 Å². The van der Waals surface area contributed by atoms with E-state index < -0.39 is 23.6 Å². The van der Waals surface area contributed by atoms with Crippen LogP contribution in [0.5, 0.6) is 0 Å². The Labute approximate surface area is 301 Å². The Balaban J connectivity index is 0.000000298. The molecular weight excluding hydrogens is 755 g/mol. The van der Waals surface area contributed by atoms with Crippen LogP contribution in [0, 0.1) is 6.33 Å². The van der Waals surface area contributed by atoms with Crippen LogP contribution in [0.3, 0.4) is 0 Å². The van der Waals surface area contributed by atoms with Crippen molar-refractivity contribution in [3.8, 4) is 11.4 Å². The maximum absolute atomic E-state index is 8.93. The van der Waals surface area contributed by atoms with Crippen LogP contribution in [-0.2, 0) is 22.4 Å². The van der Waals surface area contributed by atoms with Crippen molar-refractivity contribution in [2.75, 3.05) is 0 Å². The van der Waals surface area contributed by atoms with Crippen LogP contribution in [0.2, 0.25) is 0 Å². The van der Waals surface area contributed by atoms with Gasteiger partial charge in [0.1, 0.15) is 0 Å². The summed E-state index contributed by atoms with van der Waals surface area (Å²) in [6.07, 6.45) is 3.57. The Morgan fingerprint density at radius 1 is 0.553 bits per heavy atom. The van der Waals surface area contributed by atoms with Gasteiger partial charge in [0.25, 0.3) is 6.33 Å². The summed E-state index contributed by atoms with van der Waals surface area (Å²) in [5.74, 6) is -3.63. The van der Waals surface area contributed by atoms with E-state index in [1.54, 1.807) is 0 Å². The summed E-state index contributed by atoms with van der Waals surface area (Å²) in [7, 11) is 0. The number of aromatic nitrogens is 3. The smallest absolute Gasteiger partial charge is 0.269 e. The number of rotatable bonds is 6. The number of imidazole rings is 1. The van der Waals surface area contributed by atoms with Crippen molar-refractivity contribution < 1.29 is 32.4 Å². The van der Waals surface area contributed by atoms with E-state index in [0.717, 1.165) is 55.7 Å². The van der Waals surface area contributed by atoms with Crippen molar-refractivity contribution in [3.05, 3.63) is 138 Å². The van der Waals surface area contributed by atoms with E-state index in [-0.39, 0.29) is 22.4 Å². The molecular formula is C43H46AuN3-. The monoisotopic (exact) mass is 805 g/mol. The largest absolute Gasteiger partial charge is 0.657 e. The minimum atomic E-state index is -0.907. The van der Waals surface area contributed by atoms with Crippen LogP contribution >= 0.6 is 0 Å². The first kappa shape index (κ1) is 29.3. The molecule has 0 aliphatic heterocycles. The van der Waals surface area contributed by atoms with E-state index in [4.69, 9.17) is 5.48 Å². The molecule has 0 unspecified atom stereocenters. The van der Waals surface area contributed by atoms with Crippen molar-refractivity contribution in [1.29, 1.82) is 0 Å². The van der Waals surface area contributed by atoms with Gasteiger partial charge in [-0.25, -0.2) is 0 Å². The second-order valence-electron chi connectivity index (χ2n) is 12.8. The van der Waals surface area contributed by atoms with Crippen molar-refractivity contribution in [1.82, 2.24) is 9.55 Å². The zero-order valence-electron chi connectivity index (χ0n) is 32.5. The minimum Gasteiger partial charge on any atom is -0.657 e. The third-order valence-corrected chi connectivity index (χ3v) is 8.58. The number of hydrogen-bond donors (Lipinski definition) is 0. The summed E-state index contributed by atoms with van der Waals surface area (Å²) in [5.41, 5.74) is 8.75. The molecule has 3 nitrogen and oxygen atoms in total. The fraction of sp³-hybridized carbons (Fsp3) is 0.279. The molecule has 0 N–H and O–H groups in total. The van der Waals surface area contributed by atoms with Crippen molar-refractivity contribution in [3.63, 3.8) is 0 Å². The van der Waals surface area contributed by atoms with Crippen LogP contribution in [0.4, 0.5) is 0 Å². The molecule has 2 heterocycles. The quantitative estimate of drug-likeness (QED) is 0.0933. The standard InChI is InChI=1S/C31H38N2.C12H8N.Au/c1-20(2)24-13-11-14-25(21(3)4)30(24)32-19-33(29-18-10-9-17-28(29)32)31-26(22(5)6)15-12-16-27(31)23(7)8;1-3-7-11-9(5-1)10-6-2-4-8-12(10)13-11;/h9-18,20-23H,1-8H3;1-8H;/q;-1;/i20D,21D,22D,23D;;. The second kappa shape index (κ2) is 14.5. The Hall–Kier alpha value is -3.89. The molecule has 0 atom stereocenters. The zero-order chi connectivity index (χ0) is 36.2. The SMILES string of the molecule is [2H]C(C)(C)c1cccc(C([2H])(C)C)c1-n1[c-][n+](-c2c(C([2H])(C)C)cccc2C([2H])(C)C)c2ccccc21.[Au].c1ccc2c(c1)[n-]c1ccccc12. The van der Waals surface area contributed by atoms with E-state index >= 15 is 0 Å². The van der Waals surface area contributed by atoms with E-state index in [9.17, 15) is 0 Å². The number of benzene rings is 5. The van der Waals surface area contributed by atoms with Crippen LogP contribution in [0.15, 0.2) is 109 Å². The first-order valence-electron chi connectivity index (χ1n) is 18.0. The van der Waals surface area contributed by atoms with E-state index in [1.165, 1.54) is 10.8 Å². The number of nitrogens with zero attached hydrogens (tertiary/aromatic N) is 3. The van der Waals surface area contributed by atoms with Gasteiger partial charge in [-0.3, -0.25) is 9.13 Å². The first-order valence-corrected chi connectivity index (χ1v) is 16.0. The van der Waals surface area contributed by atoms with Crippen LogP contribution in [0.25, 0.3) is 44.2 Å². The van der Waals surface area contributed by atoms with Gasteiger partial charge in [0.15, 0.2) is 0 Å². The fourth-order valence-corrected chi connectivity index (χ4v) is 6.30. The number of hydrogen-bond acceptors (Lipinski definition) is 0. The molecule has 1 radical (unpaired) electrons. The fourth-order valence-electron chi connectivity index (χ4n) is 6.30. The molecule has 0 bridgehead atoms. The topological polar surface area (TPSA) is 22.9 Å². The summed E-state index contributed by atoms with van der Waals surface area (Å²) in [6, 6.07) is 36.2. The maximum atomic E-state index is 8.93. The van der Waals surface area contributed by atoms with Gasteiger partial charge in [0.05, 0.1) is 22.4 Å². The van der Waals surface area contributed by atoms with Crippen molar-refractivity contribution >= 4 is 32.8 Å². The average Bonchev–Trinajstić information content (AvgIpc) is 3.61. The maximum Gasteiger partial charge on any atom is 0.269 e. The summed E-state index contributed by atoms with van der Waals surface area (Å²) in [4.78, 5) is 4.52. The van der Waals surface area contributed by atoms with Gasteiger partial charge >= 0.3 is 0 Å². The summed E-state index contributed by atoms with van der Waals surface area (Å²) in [5, 5.41) is 2.50. The van der Waals surface area contributed by atoms with Crippen molar-refractivity contribution in [2.24, 2.45) is 0 Å². The third kappa shape index (κ3) is 6.63. The molecule has 47 heavy (non-hydrogen) atoms. The van der Waals surface area contributed by atoms with Gasteiger partial charge in [-0.1, -0.05) is 165 Å². The van der Waals surface area contributed by atoms with Gasteiger partial charge in [-0.2, -0.15) is 0 Å². The number of para-hydroxylation sites is 6. The molecule has 2 aromatic heterocycles. The number of fused-ring (bicyclic) bond motifs is 4. The molecule has 7 rings (SSSR count). The first-order chi connectivity index (χ1) is 23.4. The Morgan fingerprint density at radius 3 is 1.47 bits per heavy atom.